The summed E-state index contributed by atoms with van der Waals surface area (Å²) in [6, 6.07) is 1.54. The molecule has 0 aromatic heterocycles. The first-order valence-electron chi connectivity index (χ1n) is 5.43. The average molecular weight is 241 g/mol. The van der Waals surface area contributed by atoms with Crippen LogP contribution in [0, 0.1) is 6.92 Å². The van der Waals surface area contributed by atoms with E-state index in [9.17, 15) is 9.90 Å². The van der Waals surface area contributed by atoms with Crippen molar-refractivity contribution in [3.8, 4) is 5.75 Å². The van der Waals surface area contributed by atoms with Crippen molar-refractivity contribution < 1.29 is 9.90 Å². The van der Waals surface area contributed by atoms with E-state index in [1.54, 1.807) is 6.07 Å². The molecular formula is C13H17ClO2. The number of rotatable bonds is 3. The molecule has 3 heteroatoms. The van der Waals surface area contributed by atoms with Gasteiger partial charge in [-0.1, -0.05) is 25.4 Å². The van der Waals surface area contributed by atoms with E-state index in [1.165, 1.54) is 6.92 Å². The zero-order chi connectivity index (χ0) is 12.5. The highest BCUT2D eigenvalue weighted by Crippen LogP contribution is 2.37. The maximum atomic E-state index is 11.4. The molecule has 2 nitrogen and oxygen atoms in total. The van der Waals surface area contributed by atoms with E-state index >= 15 is 0 Å². The number of phenolic OH excluding ortho intramolecular Hbond substituents is 1. The van der Waals surface area contributed by atoms with Crippen molar-refractivity contribution in [3.63, 3.8) is 0 Å². The van der Waals surface area contributed by atoms with Crippen LogP contribution in [0.5, 0.6) is 5.75 Å². The third-order valence-electron chi connectivity index (χ3n) is 3.03. The number of ketones is 1. The van der Waals surface area contributed by atoms with Crippen LogP contribution in [0.25, 0.3) is 0 Å². The lowest BCUT2D eigenvalue weighted by Gasteiger charge is -2.17. The van der Waals surface area contributed by atoms with Gasteiger partial charge in [0.15, 0.2) is 5.78 Å². The molecule has 1 unspecified atom stereocenters. The van der Waals surface area contributed by atoms with Gasteiger partial charge in [0.05, 0.1) is 5.56 Å². The molecule has 0 heterocycles. The van der Waals surface area contributed by atoms with Gasteiger partial charge < -0.3 is 5.11 Å². The first-order chi connectivity index (χ1) is 7.40. The van der Waals surface area contributed by atoms with Gasteiger partial charge in [0.2, 0.25) is 0 Å². The van der Waals surface area contributed by atoms with E-state index in [-0.39, 0.29) is 17.5 Å². The lowest BCUT2D eigenvalue weighted by atomic mass is 9.90. The number of Topliss-reactive ketones (excluding diaryl/α,β-unsaturated/α-hetero) is 1. The summed E-state index contributed by atoms with van der Waals surface area (Å²) in [7, 11) is 0. The summed E-state index contributed by atoms with van der Waals surface area (Å²) in [4.78, 5) is 11.4. The van der Waals surface area contributed by atoms with Gasteiger partial charge in [0.1, 0.15) is 5.75 Å². The van der Waals surface area contributed by atoms with E-state index in [0.29, 0.717) is 10.6 Å². The van der Waals surface area contributed by atoms with E-state index in [4.69, 9.17) is 11.6 Å². The standard InChI is InChI=1S/C13H17ClO2/c1-5-7(2)12-8(3)11(14)6-10(9(4)15)13(12)16/h6-7,16H,5H2,1-4H3. The fourth-order valence-electron chi connectivity index (χ4n) is 1.83. The van der Waals surface area contributed by atoms with Gasteiger partial charge in [0, 0.05) is 10.6 Å². The van der Waals surface area contributed by atoms with Crippen molar-refractivity contribution >= 4 is 17.4 Å². The molecule has 0 bridgehead atoms. The summed E-state index contributed by atoms with van der Waals surface area (Å²) in [5.41, 5.74) is 1.96. The number of carbonyl (C=O) groups is 1. The minimum Gasteiger partial charge on any atom is -0.507 e. The fraction of sp³-hybridized carbons (Fsp3) is 0.462. The molecule has 0 aliphatic rings. The molecular weight excluding hydrogens is 224 g/mol. The number of halogens is 1. The van der Waals surface area contributed by atoms with Crippen molar-refractivity contribution in [2.75, 3.05) is 0 Å². The van der Waals surface area contributed by atoms with Gasteiger partial charge in [-0.3, -0.25) is 4.79 Å². The zero-order valence-corrected chi connectivity index (χ0v) is 10.9. The fourth-order valence-corrected chi connectivity index (χ4v) is 2.04. The quantitative estimate of drug-likeness (QED) is 0.809. The number of hydrogen-bond acceptors (Lipinski definition) is 2. The maximum absolute atomic E-state index is 11.4. The Morgan fingerprint density at radius 2 is 2.12 bits per heavy atom. The topological polar surface area (TPSA) is 37.3 Å². The summed E-state index contributed by atoms with van der Waals surface area (Å²) in [6.07, 6.45) is 0.895. The molecule has 16 heavy (non-hydrogen) atoms. The molecule has 0 aliphatic carbocycles. The van der Waals surface area contributed by atoms with Crippen molar-refractivity contribution in [2.45, 2.75) is 40.0 Å². The Balaban J connectivity index is 3.51. The molecule has 1 rings (SSSR count). The van der Waals surface area contributed by atoms with Crippen molar-refractivity contribution in [3.05, 3.63) is 27.8 Å². The van der Waals surface area contributed by atoms with Crippen LogP contribution in [0.2, 0.25) is 5.02 Å². The molecule has 0 aliphatic heterocycles. The van der Waals surface area contributed by atoms with Crippen LogP contribution in [0.3, 0.4) is 0 Å². The highest BCUT2D eigenvalue weighted by Gasteiger charge is 2.19. The Hall–Kier alpha value is -1.02. The molecule has 88 valence electrons. The normalized spacial score (nSPS) is 12.6. The smallest absolute Gasteiger partial charge is 0.163 e. The second-order valence-corrected chi connectivity index (χ2v) is 4.57. The van der Waals surface area contributed by atoms with Crippen LogP contribution in [-0.2, 0) is 0 Å². The summed E-state index contributed by atoms with van der Waals surface area (Å²) in [5.74, 6) is 0.115. The summed E-state index contributed by atoms with van der Waals surface area (Å²) in [6.45, 7) is 7.36. The number of aromatic hydroxyl groups is 1. The SMILES string of the molecule is CCC(C)c1c(C)c(Cl)cc(C(C)=O)c1O. The van der Waals surface area contributed by atoms with Gasteiger partial charge in [-0.15, -0.1) is 0 Å². The number of hydrogen-bond donors (Lipinski definition) is 1. The molecule has 0 saturated carbocycles. The van der Waals surface area contributed by atoms with E-state index < -0.39 is 0 Å². The van der Waals surface area contributed by atoms with Crippen LogP contribution in [-0.4, -0.2) is 10.9 Å². The van der Waals surface area contributed by atoms with Crippen LogP contribution in [0.1, 0.15) is 54.6 Å². The number of phenols is 1. The van der Waals surface area contributed by atoms with Gasteiger partial charge in [-0.05, 0) is 37.8 Å². The van der Waals surface area contributed by atoms with Gasteiger partial charge >= 0.3 is 0 Å². The highest BCUT2D eigenvalue weighted by molar-refractivity contribution is 6.32. The van der Waals surface area contributed by atoms with Crippen LogP contribution >= 0.6 is 11.6 Å². The maximum Gasteiger partial charge on any atom is 0.163 e. The van der Waals surface area contributed by atoms with E-state index in [0.717, 1.165) is 17.5 Å². The number of benzene rings is 1. The third-order valence-corrected chi connectivity index (χ3v) is 3.42. The minimum atomic E-state index is -0.163. The second kappa shape index (κ2) is 4.88. The average Bonchev–Trinajstić information content (AvgIpc) is 2.22. The van der Waals surface area contributed by atoms with Crippen molar-refractivity contribution in [1.82, 2.24) is 0 Å². The molecule has 1 atom stereocenters. The Morgan fingerprint density at radius 3 is 2.56 bits per heavy atom. The lowest BCUT2D eigenvalue weighted by Crippen LogP contribution is -2.02. The summed E-state index contributed by atoms with van der Waals surface area (Å²) >= 11 is 6.07. The molecule has 0 amide bonds. The molecule has 0 saturated heterocycles. The predicted molar refractivity (Wildman–Crippen MR) is 66.6 cm³/mol. The van der Waals surface area contributed by atoms with Crippen molar-refractivity contribution in [1.29, 1.82) is 0 Å². The highest BCUT2D eigenvalue weighted by atomic mass is 35.5. The Morgan fingerprint density at radius 1 is 1.56 bits per heavy atom. The first-order valence-corrected chi connectivity index (χ1v) is 5.80. The first kappa shape index (κ1) is 13.0. The van der Waals surface area contributed by atoms with E-state index in [1.807, 2.05) is 20.8 Å². The van der Waals surface area contributed by atoms with Crippen LogP contribution < -0.4 is 0 Å². The zero-order valence-electron chi connectivity index (χ0n) is 10.1. The summed E-state index contributed by atoms with van der Waals surface area (Å²) < 4.78 is 0. The lowest BCUT2D eigenvalue weighted by molar-refractivity contribution is 0.101. The molecule has 1 aromatic rings. The second-order valence-electron chi connectivity index (χ2n) is 4.16. The molecule has 1 aromatic carbocycles. The largest absolute Gasteiger partial charge is 0.507 e. The minimum absolute atomic E-state index is 0.0868. The Labute approximate surface area is 101 Å². The Kier molecular flexibility index (Phi) is 3.98. The molecule has 0 fully saturated rings. The molecule has 0 radical (unpaired) electrons. The van der Waals surface area contributed by atoms with E-state index in [2.05, 4.69) is 0 Å². The monoisotopic (exact) mass is 240 g/mol. The third kappa shape index (κ3) is 2.22. The van der Waals surface area contributed by atoms with Crippen LogP contribution in [0.15, 0.2) is 6.07 Å². The molecule has 0 spiro atoms. The Bertz CT molecular complexity index is 424. The van der Waals surface area contributed by atoms with Gasteiger partial charge in [0.25, 0.3) is 0 Å². The summed E-state index contributed by atoms with van der Waals surface area (Å²) in [5, 5.41) is 10.6. The molecule has 1 N–H and O–H groups in total. The number of carbonyl (C=O) groups excluding carboxylic acids is 1. The van der Waals surface area contributed by atoms with Gasteiger partial charge in [-0.25, -0.2) is 0 Å². The van der Waals surface area contributed by atoms with Crippen LogP contribution in [0.4, 0.5) is 0 Å². The van der Waals surface area contributed by atoms with Crippen molar-refractivity contribution in [2.24, 2.45) is 0 Å². The predicted octanol–water partition coefficient (Wildman–Crippen LogP) is 4.07. The van der Waals surface area contributed by atoms with Gasteiger partial charge in [-0.2, -0.15) is 0 Å².